The van der Waals surface area contributed by atoms with E-state index in [9.17, 15) is 21.9 Å². The molecule has 1 aliphatic rings. The molecule has 1 aromatic rings. The van der Waals surface area contributed by atoms with Crippen LogP contribution in [0.1, 0.15) is 12.5 Å². The molecule has 5 nitrogen and oxygen atoms in total. The van der Waals surface area contributed by atoms with Gasteiger partial charge in [-0.05, 0) is 18.2 Å². The summed E-state index contributed by atoms with van der Waals surface area (Å²) < 4.78 is 47.2. The fraction of sp³-hybridized carbons (Fsp3) is 0.273. The molecule has 0 aliphatic carbocycles. The van der Waals surface area contributed by atoms with Crippen LogP contribution in [0, 0.1) is 0 Å². The fourth-order valence-electron chi connectivity index (χ4n) is 1.73. The Labute approximate surface area is 106 Å². The fourth-order valence-corrected chi connectivity index (χ4v) is 4.88. The first kappa shape index (κ1) is 13.1. The molecule has 0 fully saturated rings. The highest BCUT2D eigenvalue weighted by atomic mass is 32.2. The Hall–Kier alpha value is -1.34. The molecule has 98 valence electrons. The van der Waals surface area contributed by atoms with Crippen molar-refractivity contribution in [2.45, 2.75) is 11.8 Å². The van der Waals surface area contributed by atoms with Crippen molar-refractivity contribution in [3.63, 3.8) is 0 Å². The molecular weight excluding hydrogens is 276 g/mol. The van der Waals surface area contributed by atoms with Crippen LogP contribution in [0.25, 0.3) is 6.08 Å². The summed E-state index contributed by atoms with van der Waals surface area (Å²) in [7, 11) is -7.22. The third-order valence-corrected chi connectivity index (χ3v) is 6.49. The monoisotopic (exact) mass is 288 g/mol. The SMILES string of the molecule is CCS(=O)(=O)CC1=Cc2c(O)cccc2S1(=O)=O. The first-order valence-electron chi connectivity index (χ1n) is 5.26. The van der Waals surface area contributed by atoms with Crippen molar-refractivity contribution in [2.75, 3.05) is 11.5 Å². The second-order valence-electron chi connectivity index (χ2n) is 3.98. The van der Waals surface area contributed by atoms with Crippen molar-refractivity contribution in [3.05, 3.63) is 28.7 Å². The maximum Gasteiger partial charge on any atom is 0.204 e. The quantitative estimate of drug-likeness (QED) is 0.894. The summed E-state index contributed by atoms with van der Waals surface area (Å²) >= 11 is 0. The molecule has 2 rings (SSSR count). The zero-order chi connectivity index (χ0) is 13.6. The predicted octanol–water partition coefficient (Wildman–Crippen LogP) is 0.955. The summed E-state index contributed by atoms with van der Waals surface area (Å²) in [5.74, 6) is -0.817. The minimum Gasteiger partial charge on any atom is -0.507 e. The summed E-state index contributed by atoms with van der Waals surface area (Å²) in [5.41, 5.74) is 0.166. The van der Waals surface area contributed by atoms with Gasteiger partial charge in [0.05, 0.1) is 15.6 Å². The van der Waals surface area contributed by atoms with Crippen molar-refractivity contribution < 1.29 is 21.9 Å². The summed E-state index contributed by atoms with van der Waals surface area (Å²) in [4.78, 5) is -0.218. The Morgan fingerprint density at radius 2 is 1.94 bits per heavy atom. The minimum absolute atomic E-state index is 0.0381. The van der Waals surface area contributed by atoms with Gasteiger partial charge in [-0.3, -0.25) is 0 Å². The van der Waals surface area contributed by atoms with E-state index in [1.165, 1.54) is 31.2 Å². The normalized spacial score (nSPS) is 17.3. The third-order valence-electron chi connectivity index (χ3n) is 2.79. The van der Waals surface area contributed by atoms with Gasteiger partial charge < -0.3 is 5.11 Å². The molecule has 1 N–H and O–H groups in total. The summed E-state index contributed by atoms with van der Waals surface area (Å²) in [6.07, 6.45) is 1.23. The van der Waals surface area contributed by atoms with Crippen molar-refractivity contribution in [2.24, 2.45) is 0 Å². The molecule has 0 amide bonds. The smallest absolute Gasteiger partial charge is 0.204 e. The highest BCUT2D eigenvalue weighted by Gasteiger charge is 2.33. The zero-order valence-electron chi connectivity index (χ0n) is 9.62. The van der Waals surface area contributed by atoms with E-state index in [1.807, 2.05) is 0 Å². The highest BCUT2D eigenvalue weighted by Crippen LogP contribution is 2.37. The van der Waals surface area contributed by atoms with E-state index in [0.29, 0.717) is 0 Å². The molecule has 0 unspecified atom stereocenters. The highest BCUT2D eigenvalue weighted by molar-refractivity contribution is 7.98. The van der Waals surface area contributed by atoms with Gasteiger partial charge in [0.15, 0.2) is 9.84 Å². The second-order valence-corrected chi connectivity index (χ2v) is 8.30. The van der Waals surface area contributed by atoms with Crippen LogP contribution < -0.4 is 0 Å². The number of sulfone groups is 2. The van der Waals surface area contributed by atoms with Gasteiger partial charge >= 0.3 is 0 Å². The molecule has 0 spiro atoms. The van der Waals surface area contributed by atoms with Crippen LogP contribution in [0.5, 0.6) is 5.75 Å². The molecule has 1 heterocycles. The Morgan fingerprint density at radius 3 is 2.50 bits per heavy atom. The average molecular weight is 288 g/mol. The van der Waals surface area contributed by atoms with Gasteiger partial charge in [-0.2, -0.15) is 0 Å². The van der Waals surface area contributed by atoms with Crippen molar-refractivity contribution in [1.29, 1.82) is 0 Å². The van der Waals surface area contributed by atoms with Crippen molar-refractivity contribution in [1.82, 2.24) is 0 Å². The Bertz CT molecular complexity index is 727. The number of aromatic hydroxyl groups is 1. The van der Waals surface area contributed by atoms with Crippen LogP contribution in [0.15, 0.2) is 28.0 Å². The molecule has 0 saturated heterocycles. The average Bonchev–Trinajstić information content (AvgIpc) is 2.53. The minimum atomic E-state index is -3.79. The number of hydrogen-bond acceptors (Lipinski definition) is 5. The van der Waals surface area contributed by atoms with E-state index >= 15 is 0 Å². The van der Waals surface area contributed by atoms with Gasteiger partial charge in [0.2, 0.25) is 9.84 Å². The number of hydrogen-bond donors (Lipinski definition) is 1. The number of phenolic OH excluding ortho intramolecular Hbond substituents is 1. The van der Waals surface area contributed by atoms with Crippen LogP contribution >= 0.6 is 0 Å². The maximum absolute atomic E-state index is 12.1. The van der Waals surface area contributed by atoms with Crippen LogP contribution in [0.2, 0.25) is 0 Å². The van der Waals surface area contributed by atoms with Crippen LogP contribution in [-0.2, 0) is 19.7 Å². The Morgan fingerprint density at radius 1 is 1.28 bits per heavy atom. The molecule has 0 saturated carbocycles. The molecule has 0 bridgehead atoms. The van der Waals surface area contributed by atoms with Crippen LogP contribution in [-0.4, -0.2) is 33.4 Å². The molecule has 0 aromatic heterocycles. The first-order valence-corrected chi connectivity index (χ1v) is 8.56. The number of fused-ring (bicyclic) bond motifs is 1. The molecule has 18 heavy (non-hydrogen) atoms. The van der Waals surface area contributed by atoms with E-state index in [1.54, 1.807) is 0 Å². The van der Waals surface area contributed by atoms with E-state index in [2.05, 4.69) is 0 Å². The van der Waals surface area contributed by atoms with Crippen LogP contribution in [0.3, 0.4) is 0 Å². The molecule has 1 aromatic carbocycles. The van der Waals surface area contributed by atoms with E-state index in [4.69, 9.17) is 0 Å². The van der Waals surface area contributed by atoms with Gasteiger partial charge in [-0.1, -0.05) is 13.0 Å². The van der Waals surface area contributed by atoms with Gasteiger partial charge in [0.25, 0.3) is 0 Å². The lowest BCUT2D eigenvalue weighted by molar-refractivity contribution is 0.472. The molecule has 0 atom stereocenters. The number of phenols is 1. The Balaban J connectivity index is 2.56. The van der Waals surface area contributed by atoms with Gasteiger partial charge in [-0.25, -0.2) is 16.8 Å². The van der Waals surface area contributed by atoms with Gasteiger partial charge in [-0.15, -0.1) is 0 Å². The van der Waals surface area contributed by atoms with Crippen molar-refractivity contribution in [3.8, 4) is 5.75 Å². The lowest BCUT2D eigenvalue weighted by Gasteiger charge is -2.03. The van der Waals surface area contributed by atoms with E-state index in [0.717, 1.165) is 0 Å². The zero-order valence-corrected chi connectivity index (χ0v) is 11.3. The van der Waals surface area contributed by atoms with E-state index in [-0.39, 0.29) is 26.9 Å². The lowest BCUT2D eigenvalue weighted by atomic mass is 10.2. The number of rotatable bonds is 3. The topological polar surface area (TPSA) is 88.5 Å². The Kier molecular flexibility index (Phi) is 2.98. The predicted molar refractivity (Wildman–Crippen MR) is 67.6 cm³/mol. The molecule has 0 radical (unpaired) electrons. The van der Waals surface area contributed by atoms with Crippen LogP contribution in [0.4, 0.5) is 0 Å². The lowest BCUT2D eigenvalue weighted by Crippen LogP contribution is -2.14. The van der Waals surface area contributed by atoms with Gasteiger partial charge in [0, 0.05) is 11.3 Å². The van der Waals surface area contributed by atoms with E-state index < -0.39 is 25.4 Å². The summed E-state index contributed by atoms with van der Waals surface area (Å²) in [6.45, 7) is 1.46. The molecule has 7 heteroatoms. The number of benzene rings is 1. The molecule has 1 aliphatic heterocycles. The standard InChI is InChI=1S/C11H12O5S2/c1-2-17(13,14)7-8-6-9-10(12)4-3-5-11(9)18(8,15)16/h3-6,12H,2,7H2,1H3. The summed E-state index contributed by atoms with van der Waals surface area (Å²) in [5, 5.41) is 9.58. The summed E-state index contributed by atoms with van der Waals surface area (Å²) in [6, 6.07) is 4.13. The second kappa shape index (κ2) is 4.10. The molecular formula is C11H12O5S2. The largest absolute Gasteiger partial charge is 0.507 e. The van der Waals surface area contributed by atoms with Crippen molar-refractivity contribution >= 4 is 25.8 Å². The van der Waals surface area contributed by atoms with Gasteiger partial charge in [0.1, 0.15) is 5.75 Å². The third kappa shape index (κ3) is 2.04. The maximum atomic E-state index is 12.1. The first-order chi connectivity index (χ1) is 8.28.